The zero-order valence-corrected chi connectivity index (χ0v) is 14.1. The van der Waals surface area contributed by atoms with Gasteiger partial charge in [-0.25, -0.2) is 4.79 Å². The molecule has 2 aromatic heterocycles. The lowest BCUT2D eigenvalue weighted by molar-refractivity contribution is 0.409. The number of rotatable bonds is 3. The molecule has 0 aliphatic heterocycles. The van der Waals surface area contributed by atoms with Crippen molar-refractivity contribution in [2.75, 3.05) is 12.4 Å². The quantitative estimate of drug-likeness (QED) is 0.319. The molecule has 0 aliphatic rings. The number of aromatic amines is 1. The van der Waals surface area contributed by atoms with Gasteiger partial charge in [0.05, 0.1) is 16.9 Å². The maximum absolute atomic E-state index is 11.3. The monoisotopic (exact) mass is 372 g/mol. The van der Waals surface area contributed by atoms with Crippen molar-refractivity contribution in [1.29, 1.82) is 0 Å². The molecule has 4 rings (SSSR count). The Labute approximate surface area is 150 Å². The number of H-pyrrole nitrogens is 1. The molecule has 4 N–H and O–H groups in total. The Kier molecular flexibility index (Phi) is 3.55. The van der Waals surface area contributed by atoms with Crippen LogP contribution in [0.3, 0.4) is 0 Å². The summed E-state index contributed by atoms with van der Waals surface area (Å²) in [7, 11) is 1.68. The minimum atomic E-state index is -0.868. The molecule has 0 unspecified atom stereocenters. The molecule has 2 heterocycles. The molecular formula is C16H12N4O5S. The largest absolute Gasteiger partial charge is 0.519 e. The number of aromatic hydroxyl groups is 2. The van der Waals surface area contributed by atoms with Crippen LogP contribution >= 0.6 is 12.2 Å². The highest BCUT2D eigenvalue weighted by atomic mass is 32.1. The van der Waals surface area contributed by atoms with E-state index in [1.165, 1.54) is 18.2 Å². The SMILES string of the molecule is CNc1cc(-n2c(-c3cc4oc(=O)oc4cc3O)n[nH]c2=S)ccc1O. The van der Waals surface area contributed by atoms with Crippen molar-refractivity contribution >= 4 is 29.1 Å². The first kappa shape index (κ1) is 16.0. The number of nitrogens with one attached hydrogen (secondary N) is 2. The number of nitrogens with zero attached hydrogens (tertiary/aromatic N) is 2. The second-order valence-corrected chi connectivity index (χ2v) is 5.80. The Morgan fingerprint density at radius 1 is 1.15 bits per heavy atom. The summed E-state index contributed by atoms with van der Waals surface area (Å²) >= 11 is 5.30. The molecule has 0 saturated heterocycles. The van der Waals surface area contributed by atoms with Gasteiger partial charge < -0.3 is 24.4 Å². The van der Waals surface area contributed by atoms with Gasteiger partial charge in [0.15, 0.2) is 21.8 Å². The van der Waals surface area contributed by atoms with Crippen LogP contribution in [-0.4, -0.2) is 32.0 Å². The molecule has 0 saturated carbocycles. The average molecular weight is 372 g/mol. The maximum Gasteiger partial charge on any atom is 0.519 e. The standard InChI is InChI=1S/C16H12N4O5S/c1-17-9-4-7(2-3-10(9)21)20-14(18-19-15(20)26)8-5-12-13(6-11(8)22)25-16(23)24-12/h2-6,17,21-22H,1H3,(H,19,26). The summed E-state index contributed by atoms with van der Waals surface area (Å²) in [5.74, 6) is -0.652. The van der Waals surface area contributed by atoms with E-state index in [1.54, 1.807) is 23.7 Å². The summed E-state index contributed by atoms with van der Waals surface area (Å²) in [5, 5.41) is 29.9. The predicted molar refractivity (Wildman–Crippen MR) is 95.4 cm³/mol. The molecule has 0 spiro atoms. The first-order valence-corrected chi connectivity index (χ1v) is 7.84. The van der Waals surface area contributed by atoms with E-state index in [4.69, 9.17) is 21.1 Å². The minimum absolute atomic E-state index is 0.0808. The van der Waals surface area contributed by atoms with Crippen LogP contribution in [0.4, 0.5) is 5.69 Å². The highest BCUT2D eigenvalue weighted by Crippen LogP contribution is 2.34. The molecule has 0 amide bonds. The third-order valence-corrected chi connectivity index (χ3v) is 4.14. The summed E-state index contributed by atoms with van der Waals surface area (Å²) in [6.45, 7) is 0. The minimum Gasteiger partial charge on any atom is -0.507 e. The lowest BCUT2D eigenvalue weighted by atomic mass is 10.1. The Hall–Kier alpha value is -3.53. The van der Waals surface area contributed by atoms with Crippen molar-refractivity contribution in [1.82, 2.24) is 14.8 Å². The third-order valence-electron chi connectivity index (χ3n) is 3.87. The molecule has 132 valence electrons. The molecule has 0 bridgehead atoms. The van der Waals surface area contributed by atoms with Gasteiger partial charge in [-0.1, -0.05) is 0 Å². The normalized spacial score (nSPS) is 11.1. The molecule has 0 radical (unpaired) electrons. The summed E-state index contributed by atoms with van der Waals surface area (Å²) in [5.41, 5.74) is 1.68. The number of hydrogen-bond donors (Lipinski definition) is 4. The summed E-state index contributed by atoms with van der Waals surface area (Å²) in [6.07, 6.45) is 0. The summed E-state index contributed by atoms with van der Waals surface area (Å²) < 4.78 is 11.6. The fourth-order valence-corrected chi connectivity index (χ4v) is 2.91. The highest BCUT2D eigenvalue weighted by Gasteiger charge is 2.18. The predicted octanol–water partition coefficient (Wildman–Crippen LogP) is 2.75. The number of fused-ring (bicyclic) bond motifs is 1. The van der Waals surface area contributed by atoms with Gasteiger partial charge in [0.25, 0.3) is 0 Å². The molecule has 2 aromatic carbocycles. The van der Waals surface area contributed by atoms with E-state index in [9.17, 15) is 15.0 Å². The van der Waals surface area contributed by atoms with Crippen molar-refractivity contribution in [3.63, 3.8) is 0 Å². The number of phenolic OH excluding ortho intramolecular Hbond substituents is 2. The molecule has 10 heteroatoms. The van der Waals surface area contributed by atoms with Crippen molar-refractivity contribution in [3.05, 3.63) is 45.7 Å². The van der Waals surface area contributed by atoms with Crippen molar-refractivity contribution < 1.29 is 19.0 Å². The van der Waals surface area contributed by atoms with Crippen molar-refractivity contribution in [2.45, 2.75) is 0 Å². The highest BCUT2D eigenvalue weighted by molar-refractivity contribution is 7.71. The molecule has 0 fully saturated rings. The Morgan fingerprint density at radius 2 is 1.88 bits per heavy atom. The van der Waals surface area contributed by atoms with E-state index in [0.29, 0.717) is 17.2 Å². The average Bonchev–Trinajstić information content (AvgIpc) is 3.16. The molecule has 0 atom stereocenters. The third kappa shape index (κ3) is 2.43. The van der Waals surface area contributed by atoms with Gasteiger partial charge in [-0.05, 0) is 36.5 Å². The smallest absolute Gasteiger partial charge is 0.507 e. The Balaban J connectivity index is 1.96. The lowest BCUT2D eigenvalue weighted by Crippen LogP contribution is -1.99. The summed E-state index contributed by atoms with van der Waals surface area (Å²) in [4.78, 5) is 11.3. The van der Waals surface area contributed by atoms with E-state index in [-0.39, 0.29) is 33.0 Å². The lowest BCUT2D eigenvalue weighted by Gasteiger charge is -2.11. The number of phenols is 2. The van der Waals surface area contributed by atoms with Gasteiger partial charge in [-0.3, -0.25) is 9.67 Å². The van der Waals surface area contributed by atoms with E-state index < -0.39 is 5.82 Å². The Bertz CT molecular complexity index is 1250. The fourth-order valence-electron chi connectivity index (χ4n) is 2.67. The second-order valence-electron chi connectivity index (χ2n) is 5.41. The number of benzene rings is 2. The van der Waals surface area contributed by atoms with E-state index in [0.717, 1.165) is 0 Å². The first-order chi connectivity index (χ1) is 12.5. The van der Waals surface area contributed by atoms with Gasteiger partial charge in [-0.15, -0.1) is 0 Å². The zero-order chi connectivity index (χ0) is 18.4. The van der Waals surface area contributed by atoms with Gasteiger partial charge in [0, 0.05) is 13.1 Å². The van der Waals surface area contributed by atoms with Crippen LogP contribution in [0.25, 0.3) is 28.2 Å². The van der Waals surface area contributed by atoms with Crippen molar-refractivity contribution in [2.24, 2.45) is 0 Å². The fraction of sp³-hybridized carbons (Fsp3) is 0.0625. The number of hydrogen-bond acceptors (Lipinski definition) is 8. The Morgan fingerprint density at radius 3 is 2.62 bits per heavy atom. The molecular weight excluding hydrogens is 360 g/mol. The second kappa shape index (κ2) is 5.77. The van der Waals surface area contributed by atoms with E-state index in [2.05, 4.69) is 15.5 Å². The molecule has 9 nitrogen and oxygen atoms in total. The molecule has 26 heavy (non-hydrogen) atoms. The topological polar surface area (TPSA) is 129 Å². The van der Waals surface area contributed by atoms with Crippen molar-refractivity contribution in [3.8, 4) is 28.6 Å². The molecule has 0 aliphatic carbocycles. The number of anilines is 1. The van der Waals surface area contributed by atoms with Crippen LogP contribution < -0.4 is 11.1 Å². The van der Waals surface area contributed by atoms with Gasteiger partial charge >= 0.3 is 5.82 Å². The maximum atomic E-state index is 11.3. The number of aromatic nitrogens is 3. The van der Waals surface area contributed by atoms with Crippen LogP contribution in [0, 0.1) is 4.77 Å². The van der Waals surface area contributed by atoms with Gasteiger partial charge in [0.2, 0.25) is 0 Å². The summed E-state index contributed by atoms with van der Waals surface area (Å²) in [6, 6.07) is 7.55. The van der Waals surface area contributed by atoms with E-state index in [1.807, 2.05) is 0 Å². The van der Waals surface area contributed by atoms with Gasteiger partial charge in [0.1, 0.15) is 11.5 Å². The van der Waals surface area contributed by atoms with E-state index >= 15 is 0 Å². The van der Waals surface area contributed by atoms with Crippen LogP contribution in [0.15, 0.2) is 44.0 Å². The zero-order valence-electron chi connectivity index (χ0n) is 13.3. The van der Waals surface area contributed by atoms with Crippen LogP contribution in [0.1, 0.15) is 0 Å². The first-order valence-electron chi connectivity index (χ1n) is 7.43. The molecule has 4 aromatic rings. The van der Waals surface area contributed by atoms with Gasteiger partial charge in [-0.2, -0.15) is 5.10 Å². The van der Waals surface area contributed by atoms with Crippen LogP contribution in [0.2, 0.25) is 0 Å². The van der Waals surface area contributed by atoms with Crippen LogP contribution in [0.5, 0.6) is 11.5 Å². The van der Waals surface area contributed by atoms with Crippen LogP contribution in [-0.2, 0) is 0 Å².